The fourth-order valence-electron chi connectivity index (χ4n) is 2.53. The van der Waals surface area contributed by atoms with Crippen LogP contribution >= 0.6 is 0 Å². The number of benzene rings is 2. The van der Waals surface area contributed by atoms with Crippen molar-refractivity contribution in [1.82, 2.24) is 20.2 Å². The van der Waals surface area contributed by atoms with Crippen molar-refractivity contribution in [2.45, 2.75) is 0 Å². The van der Waals surface area contributed by atoms with Crippen molar-refractivity contribution in [3.63, 3.8) is 0 Å². The molecular weight excluding hydrogens is 310 g/mol. The Labute approximate surface area is 135 Å². The molecule has 0 aliphatic rings. The highest BCUT2D eigenvalue weighted by atomic mass is 19.1. The summed E-state index contributed by atoms with van der Waals surface area (Å²) >= 11 is 0. The lowest BCUT2D eigenvalue weighted by Crippen LogP contribution is -1.85. The molecule has 6 heteroatoms. The van der Waals surface area contributed by atoms with Gasteiger partial charge in [0.05, 0.1) is 5.69 Å². The minimum Gasteiger partial charge on any atom is -0.345 e. The van der Waals surface area contributed by atoms with Crippen LogP contribution < -0.4 is 0 Å². The molecule has 2 heterocycles. The van der Waals surface area contributed by atoms with Crippen LogP contribution in [-0.2, 0) is 0 Å². The molecule has 0 aliphatic heterocycles. The van der Waals surface area contributed by atoms with E-state index in [1.807, 2.05) is 12.1 Å². The average Bonchev–Trinajstić information content (AvgIpc) is 3.24. The minimum atomic E-state index is -0.420. The monoisotopic (exact) mass is 322 g/mol. The van der Waals surface area contributed by atoms with Gasteiger partial charge >= 0.3 is 0 Å². The van der Waals surface area contributed by atoms with Gasteiger partial charge in [0.25, 0.3) is 0 Å². The van der Waals surface area contributed by atoms with Gasteiger partial charge in [-0.05, 0) is 35.9 Å². The number of H-pyrrole nitrogens is 2. The van der Waals surface area contributed by atoms with Crippen molar-refractivity contribution in [2.75, 3.05) is 0 Å². The molecule has 0 saturated heterocycles. The van der Waals surface area contributed by atoms with Crippen molar-refractivity contribution in [1.29, 1.82) is 0 Å². The van der Waals surface area contributed by atoms with E-state index in [0.29, 0.717) is 22.5 Å². The highest BCUT2D eigenvalue weighted by Crippen LogP contribution is 2.26. The molecule has 0 bridgehead atoms. The summed E-state index contributed by atoms with van der Waals surface area (Å²) in [7, 11) is 0. The minimum absolute atomic E-state index is 0.268. The van der Waals surface area contributed by atoms with Gasteiger partial charge in [-0.25, -0.2) is 13.8 Å². The number of hydrogen-bond donors (Lipinski definition) is 2. The van der Waals surface area contributed by atoms with Crippen LogP contribution in [0.1, 0.15) is 11.3 Å². The number of nitrogens with zero attached hydrogens (tertiary/aromatic N) is 2. The van der Waals surface area contributed by atoms with Crippen LogP contribution in [0.5, 0.6) is 0 Å². The quantitative estimate of drug-likeness (QED) is 0.587. The topological polar surface area (TPSA) is 57.4 Å². The van der Waals surface area contributed by atoms with E-state index in [2.05, 4.69) is 20.2 Å². The van der Waals surface area contributed by atoms with E-state index >= 15 is 0 Å². The van der Waals surface area contributed by atoms with Crippen LogP contribution in [0.2, 0.25) is 0 Å². The lowest BCUT2D eigenvalue weighted by Gasteiger charge is -1.99. The molecule has 0 aliphatic carbocycles. The van der Waals surface area contributed by atoms with Crippen molar-refractivity contribution in [3.05, 3.63) is 71.7 Å². The zero-order valence-corrected chi connectivity index (χ0v) is 12.4. The first kappa shape index (κ1) is 14.3. The SMILES string of the molecule is Fc1ccc(C=Cc2[nH]nc3c(F)cc(-c4ncc[nH]4)cc23)cc1. The highest BCUT2D eigenvalue weighted by molar-refractivity contribution is 5.92. The fourth-order valence-corrected chi connectivity index (χ4v) is 2.53. The first-order valence-corrected chi connectivity index (χ1v) is 7.32. The van der Waals surface area contributed by atoms with Gasteiger partial charge in [-0.2, -0.15) is 5.10 Å². The van der Waals surface area contributed by atoms with Gasteiger partial charge in [0.2, 0.25) is 0 Å². The van der Waals surface area contributed by atoms with Gasteiger partial charge in [0, 0.05) is 23.3 Å². The van der Waals surface area contributed by atoms with Crippen molar-refractivity contribution in [3.8, 4) is 11.4 Å². The molecule has 2 aromatic heterocycles. The maximum absolute atomic E-state index is 14.3. The maximum atomic E-state index is 14.3. The molecule has 0 fully saturated rings. The Kier molecular flexibility index (Phi) is 3.42. The summed E-state index contributed by atoms with van der Waals surface area (Å²) in [6, 6.07) is 9.33. The first-order chi connectivity index (χ1) is 11.7. The molecule has 0 amide bonds. The molecule has 0 radical (unpaired) electrons. The predicted molar refractivity (Wildman–Crippen MR) is 89.0 cm³/mol. The summed E-state index contributed by atoms with van der Waals surface area (Å²) < 4.78 is 27.2. The number of hydrogen-bond acceptors (Lipinski definition) is 2. The van der Waals surface area contributed by atoms with Crippen LogP contribution in [0.3, 0.4) is 0 Å². The van der Waals surface area contributed by atoms with Gasteiger partial charge < -0.3 is 4.98 Å². The van der Waals surface area contributed by atoms with Gasteiger partial charge in [-0.3, -0.25) is 5.10 Å². The Morgan fingerprint density at radius 2 is 1.83 bits per heavy atom. The number of imidazole rings is 1. The third-order valence-corrected chi connectivity index (χ3v) is 3.73. The number of halogens is 2. The second-order valence-corrected chi connectivity index (χ2v) is 5.31. The molecule has 0 spiro atoms. The third-order valence-electron chi connectivity index (χ3n) is 3.73. The molecule has 0 atom stereocenters. The largest absolute Gasteiger partial charge is 0.345 e. The third kappa shape index (κ3) is 2.58. The summed E-state index contributed by atoms with van der Waals surface area (Å²) in [6.07, 6.45) is 6.89. The summed E-state index contributed by atoms with van der Waals surface area (Å²) in [4.78, 5) is 7.10. The Hall–Kier alpha value is -3.28. The molecular formula is C18H12F2N4. The Morgan fingerprint density at radius 3 is 2.58 bits per heavy atom. The number of aromatic amines is 2. The normalized spacial score (nSPS) is 11.6. The summed E-state index contributed by atoms with van der Waals surface area (Å²) in [5, 5.41) is 7.50. The van der Waals surface area contributed by atoms with Crippen LogP contribution in [0, 0.1) is 11.6 Å². The smallest absolute Gasteiger partial charge is 0.152 e. The summed E-state index contributed by atoms with van der Waals surface area (Å²) in [5.74, 6) is -0.119. The molecule has 4 rings (SSSR count). The van der Waals surface area contributed by atoms with E-state index in [9.17, 15) is 8.78 Å². The second-order valence-electron chi connectivity index (χ2n) is 5.31. The number of nitrogens with one attached hydrogen (secondary N) is 2. The first-order valence-electron chi connectivity index (χ1n) is 7.32. The van der Waals surface area contributed by atoms with Crippen LogP contribution in [-0.4, -0.2) is 20.2 Å². The molecule has 2 aromatic carbocycles. The van der Waals surface area contributed by atoms with Gasteiger partial charge in [-0.1, -0.05) is 18.2 Å². The molecule has 2 N–H and O–H groups in total. The maximum Gasteiger partial charge on any atom is 0.152 e. The Balaban J connectivity index is 1.77. The number of fused-ring (bicyclic) bond motifs is 1. The van der Waals surface area contributed by atoms with E-state index in [0.717, 1.165) is 5.56 Å². The van der Waals surface area contributed by atoms with Crippen molar-refractivity contribution < 1.29 is 8.78 Å². The van der Waals surface area contributed by atoms with Crippen LogP contribution in [0.4, 0.5) is 8.78 Å². The van der Waals surface area contributed by atoms with Gasteiger partial charge in [0.15, 0.2) is 5.82 Å². The van der Waals surface area contributed by atoms with Crippen molar-refractivity contribution in [2.24, 2.45) is 0 Å². The van der Waals surface area contributed by atoms with Crippen molar-refractivity contribution >= 4 is 23.1 Å². The fraction of sp³-hybridized carbons (Fsp3) is 0. The number of aromatic nitrogens is 4. The zero-order valence-electron chi connectivity index (χ0n) is 12.4. The molecule has 4 aromatic rings. The molecule has 4 nitrogen and oxygen atoms in total. The number of rotatable bonds is 3. The molecule has 118 valence electrons. The predicted octanol–water partition coefficient (Wildman–Crippen LogP) is 4.40. The highest BCUT2D eigenvalue weighted by Gasteiger charge is 2.12. The standard InChI is InChI=1S/C18H12F2N4/c19-13-4-1-11(2-5-13)3-6-16-14-9-12(18-21-7-8-22-18)10-15(20)17(14)24-23-16/h1-10H,(H,21,22)(H,23,24). The lowest BCUT2D eigenvalue weighted by molar-refractivity contribution is 0.627. The van der Waals surface area contributed by atoms with E-state index in [-0.39, 0.29) is 11.3 Å². The zero-order chi connectivity index (χ0) is 16.5. The van der Waals surface area contributed by atoms with E-state index in [1.54, 1.807) is 30.6 Å². The van der Waals surface area contributed by atoms with Crippen LogP contribution in [0.25, 0.3) is 34.4 Å². The van der Waals surface area contributed by atoms with E-state index in [4.69, 9.17) is 0 Å². The van der Waals surface area contributed by atoms with E-state index in [1.165, 1.54) is 18.2 Å². The Morgan fingerprint density at radius 1 is 1.00 bits per heavy atom. The van der Waals surface area contributed by atoms with Gasteiger partial charge in [-0.15, -0.1) is 0 Å². The summed E-state index contributed by atoms with van der Waals surface area (Å²) in [6.45, 7) is 0. The molecule has 0 saturated carbocycles. The lowest BCUT2D eigenvalue weighted by atomic mass is 10.1. The molecule has 0 unspecified atom stereocenters. The second kappa shape index (κ2) is 5.73. The molecule has 24 heavy (non-hydrogen) atoms. The summed E-state index contributed by atoms with van der Waals surface area (Å²) in [5.41, 5.74) is 2.41. The average molecular weight is 322 g/mol. The van der Waals surface area contributed by atoms with E-state index < -0.39 is 5.82 Å². The van der Waals surface area contributed by atoms with Gasteiger partial charge in [0.1, 0.15) is 17.2 Å². The van der Waals surface area contributed by atoms with Crippen LogP contribution in [0.15, 0.2) is 48.8 Å². The Bertz CT molecular complexity index is 1020.